The largest absolute Gasteiger partial charge is 2.00 e. The minimum atomic E-state index is -4.18. The molecule has 0 saturated carbocycles. The molecule has 198 valence electrons. The van der Waals surface area contributed by atoms with Gasteiger partial charge in [0, 0.05) is 0 Å². The van der Waals surface area contributed by atoms with Gasteiger partial charge in [0.25, 0.3) is 0 Å². The Bertz CT molecular complexity index is 1520. The predicted molar refractivity (Wildman–Crippen MR) is 157 cm³/mol. The molecule has 0 unspecified atom stereocenters. The zero-order chi connectivity index (χ0) is 27.5. The summed E-state index contributed by atoms with van der Waals surface area (Å²) in [7, 11) is -8.36. The summed E-state index contributed by atoms with van der Waals surface area (Å²) in [5, 5.41) is 0. The maximum atomic E-state index is 13.7. The number of rotatable bonds is 9. The van der Waals surface area contributed by atoms with Gasteiger partial charge in [0.2, 0.25) is 0 Å². The Labute approximate surface area is 248 Å². The van der Waals surface area contributed by atoms with Gasteiger partial charge in [0.05, 0.1) is 9.79 Å². The van der Waals surface area contributed by atoms with Crippen LogP contribution in [0.5, 0.6) is 0 Å². The van der Waals surface area contributed by atoms with Crippen molar-refractivity contribution in [2.24, 2.45) is 0 Å². The van der Waals surface area contributed by atoms with Crippen LogP contribution in [0.15, 0.2) is 107 Å². The van der Waals surface area contributed by atoms with Crippen molar-refractivity contribution in [2.75, 3.05) is 0 Å². The van der Waals surface area contributed by atoms with Gasteiger partial charge in [-0.25, -0.2) is 16.8 Å². The summed E-state index contributed by atoms with van der Waals surface area (Å²) in [6, 6.07) is 25.7. The van der Waals surface area contributed by atoms with Gasteiger partial charge in [-0.05, 0) is 62.1 Å². The first kappa shape index (κ1) is 31.0. The van der Waals surface area contributed by atoms with Gasteiger partial charge in [0.1, 0.15) is 20.0 Å². The van der Waals surface area contributed by atoms with E-state index in [1.165, 1.54) is 0 Å². The van der Waals surface area contributed by atoms with Crippen LogP contribution >= 0.6 is 0 Å². The second kappa shape index (κ2) is 12.8. The molecule has 0 aliphatic rings. The van der Waals surface area contributed by atoms with Gasteiger partial charge in [-0.2, -0.15) is 0 Å². The summed E-state index contributed by atoms with van der Waals surface area (Å²) in [4.78, 5) is 0.172. The van der Waals surface area contributed by atoms with Crippen molar-refractivity contribution in [3.05, 3.63) is 140 Å². The standard InChI is InChI=1S/C30H30N2O4S2.Mg/c1-21-15-17-23(3)27(19-21)37(33,34)31-29(25-11-7-5-8-12-25)30(26-13-9-6-10-14-26)32-38(35,36)28-20-22(2)16-18-24(28)4;/h5-20,29-30H,1-4H3;/q-2;+2/t29-,30-;/m0./s1. The topological polar surface area (TPSA) is 96.5 Å². The van der Waals surface area contributed by atoms with Crippen LogP contribution in [-0.2, 0) is 20.0 Å². The third-order valence-corrected chi connectivity index (χ3v) is 9.33. The summed E-state index contributed by atoms with van der Waals surface area (Å²) < 4.78 is 63.5. The summed E-state index contributed by atoms with van der Waals surface area (Å²) >= 11 is 0. The van der Waals surface area contributed by atoms with Gasteiger partial charge in [0.15, 0.2) is 0 Å². The number of nitrogens with zero attached hydrogens (tertiary/aromatic N) is 2. The molecular formula is C30H30MgN2O4S2. The molecule has 0 fully saturated rings. The zero-order valence-electron chi connectivity index (χ0n) is 22.4. The maximum absolute atomic E-state index is 13.7. The molecule has 0 saturated heterocycles. The number of sulfonamides is 2. The van der Waals surface area contributed by atoms with E-state index in [4.69, 9.17) is 0 Å². The monoisotopic (exact) mass is 570 g/mol. The molecule has 0 amide bonds. The summed E-state index contributed by atoms with van der Waals surface area (Å²) in [6.45, 7) is 7.05. The molecule has 0 aromatic heterocycles. The smallest absolute Gasteiger partial charge is 0.539 e. The van der Waals surface area contributed by atoms with E-state index in [0.717, 1.165) is 11.1 Å². The fourth-order valence-electron chi connectivity index (χ4n) is 4.29. The van der Waals surface area contributed by atoms with Crippen molar-refractivity contribution in [1.82, 2.24) is 0 Å². The van der Waals surface area contributed by atoms with E-state index in [0.29, 0.717) is 22.3 Å². The average molecular weight is 571 g/mol. The molecule has 0 N–H and O–H groups in total. The average Bonchev–Trinajstić information content (AvgIpc) is 2.90. The first-order valence-corrected chi connectivity index (χ1v) is 15.0. The fourth-order valence-corrected chi connectivity index (χ4v) is 7.20. The van der Waals surface area contributed by atoms with Crippen LogP contribution < -0.4 is 0 Å². The van der Waals surface area contributed by atoms with Crippen LogP contribution in [0, 0.1) is 27.7 Å². The quantitative estimate of drug-likeness (QED) is 0.206. The van der Waals surface area contributed by atoms with Crippen LogP contribution in [0.2, 0.25) is 0 Å². The molecule has 0 heterocycles. The molecule has 9 heteroatoms. The van der Waals surface area contributed by atoms with Gasteiger partial charge in [-0.15, -0.1) is 12.1 Å². The minimum absolute atomic E-state index is 0. The van der Waals surface area contributed by atoms with Gasteiger partial charge >= 0.3 is 23.1 Å². The molecule has 39 heavy (non-hydrogen) atoms. The molecule has 0 aliphatic carbocycles. The molecule has 0 aliphatic heterocycles. The van der Waals surface area contributed by atoms with Gasteiger partial charge < -0.3 is 9.44 Å². The van der Waals surface area contributed by atoms with Crippen LogP contribution in [0.3, 0.4) is 0 Å². The first-order chi connectivity index (χ1) is 18.0. The third-order valence-electron chi connectivity index (χ3n) is 6.33. The van der Waals surface area contributed by atoms with Crippen LogP contribution in [-0.4, -0.2) is 39.9 Å². The first-order valence-electron chi connectivity index (χ1n) is 12.2. The van der Waals surface area contributed by atoms with Crippen molar-refractivity contribution >= 4 is 43.1 Å². The Morgan fingerprint density at radius 2 is 0.846 bits per heavy atom. The number of hydrogen-bond acceptors (Lipinski definition) is 4. The van der Waals surface area contributed by atoms with Crippen LogP contribution in [0.4, 0.5) is 0 Å². The van der Waals surface area contributed by atoms with Crippen molar-refractivity contribution in [3.63, 3.8) is 0 Å². The summed E-state index contributed by atoms with van der Waals surface area (Å²) in [5.41, 5.74) is 3.75. The Kier molecular flexibility index (Phi) is 10.1. The summed E-state index contributed by atoms with van der Waals surface area (Å²) in [5.74, 6) is 0. The van der Waals surface area contributed by atoms with Crippen molar-refractivity contribution in [2.45, 2.75) is 49.6 Å². The maximum Gasteiger partial charge on any atom is 2.00 e. The number of aryl methyl sites for hydroxylation is 4. The molecule has 2 atom stereocenters. The molecular weight excluding hydrogens is 541 g/mol. The van der Waals surface area contributed by atoms with E-state index in [2.05, 4.69) is 9.44 Å². The van der Waals surface area contributed by atoms with E-state index in [1.54, 1.807) is 98.8 Å². The second-order valence-electron chi connectivity index (χ2n) is 9.41. The number of benzene rings is 4. The molecule has 4 aromatic carbocycles. The van der Waals surface area contributed by atoms with E-state index >= 15 is 0 Å². The minimum Gasteiger partial charge on any atom is -0.539 e. The second-order valence-corrected chi connectivity index (χ2v) is 12.6. The predicted octanol–water partition coefficient (Wildman–Crippen LogP) is 6.85. The van der Waals surface area contributed by atoms with Gasteiger partial charge in [-0.1, -0.05) is 96.1 Å². The van der Waals surface area contributed by atoms with Crippen molar-refractivity contribution in [1.29, 1.82) is 0 Å². The number of hydrogen-bond donors (Lipinski definition) is 0. The van der Waals surface area contributed by atoms with E-state index in [-0.39, 0.29) is 32.8 Å². The molecule has 0 bridgehead atoms. The Morgan fingerprint density at radius 3 is 1.18 bits per heavy atom. The van der Waals surface area contributed by atoms with Crippen molar-refractivity contribution in [3.8, 4) is 0 Å². The van der Waals surface area contributed by atoms with Gasteiger partial charge in [-0.3, -0.25) is 0 Å². The normalized spacial score (nSPS) is 13.3. The van der Waals surface area contributed by atoms with Crippen LogP contribution in [0.25, 0.3) is 9.44 Å². The zero-order valence-corrected chi connectivity index (χ0v) is 25.5. The third kappa shape index (κ3) is 7.36. The Balaban J connectivity index is 0.00000420. The fraction of sp³-hybridized carbons (Fsp3) is 0.200. The molecule has 6 nitrogen and oxygen atoms in total. The SMILES string of the molecule is Cc1ccc(C)c(S(=O)(=O)[N-][C@@H](c2ccccc2)[C@@H]([N-]S(=O)(=O)c2cc(C)ccc2C)c2ccccc2)c1.[Mg+2]. The van der Waals surface area contributed by atoms with Crippen molar-refractivity contribution < 1.29 is 16.8 Å². The Morgan fingerprint density at radius 1 is 0.513 bits per heavy atom. The van der Waals surface area contributed by atoms with E-state index < -0.39 is 32.1 Å². The molecule has 4 rings (SSSR count). The molecule has 0 radical (unpaired) electrons. The molecule has 0 spiro atoms. The Hall–Kier alpha value is -2.53. The van der Waals surface area contributed by atoms with Crippen LogP contribution in [0.1, 0.15) is 45.5 Å². The summed E-state index contributed by atoms with van der Waals surface area (Å²) in [6.07, 6.45) is 0. The van der Waals surface area contributed by atoms with E-state index in [9.17, 15) is 16.8 Å². The van der Waals surface area contributed by atoms with E-state index in [1.807, 2.05) is 26.0 Å². The molecule has 4 aromatic rings.